The summed E-state index contributed by atoms with van der Waals surface area (Å²) in [6.45, 7) is 0.470. The lowest BCUT2D eigenvalue weighted by atomic mass is 10.2. The molecule has 0 unspecified atom stereocenters. The molecule has 0 bridgehead atoms. The number of guanidine groups is 1. The Kier molecular flexibility index (Phi) is 5.52. The zero-order chi connectivity index (χ0) is 13.4. The Morgan fingerprint density at radius 1 is 1.33 bits per heavy atom. The molecule has 0 aromatic carbocycles. The monoisotopic (exact) mass is 254 g/mol. The molecular weight excluding hydrogens is 236 g/mol. The maximum Gasteiger partial charge on any atom is 0.274 e. The third-order valence-corrected chi connectivity index (χ3v) is 2.16. The third-order valence-electron chi connectivity index (χ3n) is 2.16. The summed E-state index contributed by atoms with van der Waals surface area (Å²) in [5.41, 5.74) is 16.2. The van der Waals surface area contributed by atoms with E-state index in [1.54, 1.807) is 24.5 Å². The first kappa shape index (κ1) is 13.8. The van der Waals surface area contributed by atoms with E-state index in [4.69, 9.17) is 27.2 Å². The first-order valence-corrected chi connectivity index (χ1v) is 5.47. The second-order valence-corrected chi connectivity index (χ2v) is 3.63. The highest BCUT2D eigenvalue weighted by atomic mass is 16.7. The molecular formula is C10H18N6O2. The Balaban J connectivity index is 2.38. The van der Waals surface area contributed by atoms with E-state index in [2.05, 4.69) is 10.1 Å². The average molecular weight is 254 g/mol. The van der Waals surface area contributed by atoms with Crippen LogP contribution >= 0.6 is 0 Å². The number of rotatable bonds is 6. The Morgan fingerprint density at radius 2 is 2.00 bits per heavy atom. The van der Waals surface area contributed by atoms with Crippen LogP contribution in [-0.4, -0.2) is 34.4 Å². The van der Waals surface area contributed by atoms with Crippen molar-refractivity contribution in [3.8, 4) is 0 Å². The predicted octanol–water partition coefficient (Wildman–Crippen LogP) is -0.915. The number of oxime groups is 1. The smallest absolute Gasteiger partial charge is 0.274 e. The van der Waals surface area contributed by atoms with Crippen LogP contribution in [0.1, 0.15) is 12.8 Å². The summed E-state index contributed by atoms with van der Waals surface area (Å²) in [6.07, 6.45) is 4.53. The molecule has 0 aliphatic rings. The Bertz CT molecular complexity index is 397. The number of hydrogen-bond acceptors (Lipinski definition) is 5. The fourth-order valence-electron chi connectivity index (χ4n) is 1.29. The van der Waals surface area contributed by atoms with E-state index in [-0.39, 0.29) is 11.9 Å². The summed E-state index contributed by atoms with van der Waals surface area (Å²) in [5, 5.41) is 11.9. The SMILES string of the molecule is NC(N)=NCCC[C@H](N)C(=NO)On1cccc1. The summed E-state index contributed by atoms with van der Waals surface area (Å²) in [6, 6.07) is 3.03. The molecule has 1 aromatic heterocycles. The van der Waals surface area contributed by atoms with Gasteiger partial charge in [-0.1, -0.05) is 0 Å². The van der Waals surface area contributed by atoms with Gasteiger partial charge >= 0.3 is 0 Å². The van der Waals surface area contributed by atoms with Crippen LogP contribution in [0, 0.1) is 0 Å². The van der Waals surface area contributed by atoms with Crippen LogP contribution in [0.4, 0.5) is 0 Å². The minimum Gasteiger partial charge on any atom is -0.408 e. The van der Waals surface area contributed by atoms with Crippen molar-refractivity contribution in [2.45, 2.75) is 18.9 Å². The van der Waals surface area contributed by atoms with Gasteiger partial charge in [-0.25, -0.2) is 0 Å². The Hall–Kier alpha value is -2.22. The lowest BCUT2D eigenvalue weighted by molar-refractivity contribution is 0.219. The Morgan fingerprint density at radius 3 is 2.56 bits per heavy atom. The standard InChI is InChI=1S/C10H18N6O2/c11-8(4-3-5-14-10(12)13)9(15-17)18-16-6-1-2-7-16/h1-2,6-8,17H,3-5,11H2,(H4,12,13,14)/t8-/m0/s1. The summed E-state index contributed by atoms with van der Waals surface area (Å²) in [4.78, 5) is 9.08. The quantitative estimate of drug-likeness (QED) is 0.171. The van der Waals surface area contributed by atoms with E-state index < -0.39 is 6.04 Å². The van der Waals surface area contributed by atoms with E-state index in [1.807, 2.05) is 0 Å². The maximum atomic E-state index is 8.84. The number of hydrogen-bond donors (Lipinski definition) is 4. The second-order valence-electron chi connectivity index (χ2n) is 3.63. The molecule has 0 saturated carbocycles. The summed E-state index contributed by atoms with van der Waals surface area (Å²) in [5.74, 6) is 0.0825. The molecule has 0 saturated heterocycles. The largest absolute Gasteiger partial charge is 0.408 e. The van der Waals surface area contributed by atoms with Crippen LogP contribution < -0.4 is 22.0 Å². The number of nitrogens with two attached hydrogens (primary N) is 3. The van der Waals surface area contributed by atoms with Gasteiger partial charge < -0.3 is 27.2 Å². The highest BCUT2D eigenvalue weighted by Gasteiger charge is 2.14. The Labute approximate surface area is 105 Å². The van der Waals surface area contributed by atoms with Crippen molar-refractivity contribution >= 4 is 11.9 Å². The molecule has 1 atom stereocenters. The topological polar surface area (TPSA) is 137 Å². The molecule has 8 nitrogen and oxygen atoms in total. The molecule has 1 aromatic rings. The molecule has 18 heavy (non-hydrogen) atoms. The van der Waals surface area contributed by atoms with Crippen molar-refractivity contribution in [2.75, 3.05) is 6.54 Å². The van der Waals surface area contributed by atoms with Crippen LogP contribution in [0.5, 0.6) is 0 Å². The first-order valence-electron chi connectivity index (χ1n) is 5.47. The van der Waals surface area contributed by atoms with Gasteiger partial charge in [0, 0.05) is 18.9 Å². The fraction of sp³-hybridized carbons (Fsp3) is 0.400. The lowest BCUT2D eigenvalue weighted by Crippen LogP contribution is -2.37. The van der Waals surface area contributed by atoms with Crippen LogP contribution in [0.25, 0.3) is 0 Å². The first-order chi connectivity index (χ1) is 8.63. The van der Waals surface area contributed by atoms with E-state index in [1.165, 1.54) is 4.73 Å². The third kappa shape index (κ3) is 4.74. The van der Waals surface area contributed by atoms with Crippen LogP contribution in [0.2, 0.25) is 0 Å². The van der Waals surface area contributed by atoms with Crippen molar-refractivity contribution < 1.29 is 10.0 Å². The number of aliphatic imine (C=N–C) groups is 1. The molecule has 100 valence electrons. The normalized spacial score (nSPS) is 13.1. The second kappa shape index (κ2) is 7.17. The summed E-state index contributed by atoms with van der Waals surface area (Å²) < 4.78 is 1.39. The van der Waals surface area contributed by atoms with Crippen LogP contribution in [0.3, 0.4) is 0 Å². The highest BCUT2D eigenvalue weighted by Crippen LogP contribution is 1.98. The summed E-state index contributed by atoms with van der Waals surface area (Å²) in [7, 11) is 0. The van der Waals surface area contributed by atoms with Crippen molar-refractivity contribution in [2.24, 2.45) is 27.3 Å². The fourth-order valence-corrected chi connectivity index (χ4v) is 1.29. The zero-order valence-corrected chi connectivity index (χ0v) is 9.94. The van der Waals surface area contributed by atoms with Crippen LogP contribution in [0.15, 0.2) is 34.7 Å². The van der Waals surface area contributed by atoms with E-state index >= 15 is 0 Å². The van der Waals surface area contributed by atoms with E-state index in [9.17, 15) is 0 Å². The van der Waals surface area contributed by atoms with Gasteiger partial charge in [-0.2, -0.15) is 4.73 Å². The molecule has 0 radical (unpaired) electrons. The maximum absolute atomic E-state index is 8.84. The number of aromatic nitrogens is 1. The minimum atomic E-state index is -0.522. The zero-order valence-electron chi connectivity index (χ0n) is 9.94. The van der Waals surface area contributed by atoms with E-state index in [0.717, 1.165) is 0 Å². The van der Waals surface area contributed by atoms with E-state index in [0.29, 0.717) is 19.4 Å². The summed E-state index contributed by atoms with van der Waals surface area (Å²) >= 11 is 0. The van der Waals surface area contributed by atoms with Gasteiger partial charge in [0.05, 0.1) is 6.04 Å². The molecule has 8 heteroatoms. The molecule has 0 aliphatic carbocycles. The van der Waals surface area contributed by atoms with Gasteiger partial charge in [-0.05, 0) is 30.1 Å². The van der Waals surface area contributed by atoms with Gasteiger partial charge in [0.25, 0.3) is 5.90 Å². The average Bonchev–Trinajstić information content (AvgIpc) is 2.84. The van der Waals surface area contributed by atoms with Gasteiger partial charge in [-0.3, -0.25) is 4.99 Å². The van der Waals surface area contributed by atoms with Crippen molar-refractivity contribution in [3.05, 3.63) is 24.5 Å². The highest BCUT2D eigenvalue weighted by molar-refractivity contribution is 5.81. The molecule has 0 aliphatic heterocycles. The van der Waals surface area contributed by atoms with Crippen molar-refractivity contribution in [3.63, 3.8) is 0 Å². The minimum absolute atomic E-state index is 0.0379. The molecule has 0 spiro atoms. The van der Waals surface area contributed by atoms with Gasteiger partial charge in [0.1, 0.15) is 0 Å². The molecule has 7 N–H and O–H groups in total. The molecule has 1 rings (SSSR count). The molecule has 1 heterocycles. The lowest BCUT2D eigenvalue weighted by Gasteiger charge is -2.13. The van der Waals surface area contributed by atoms with Crippen molar-refractivity contribution in [1.29, 1.82) is 0 Å². The number of nitrogens with zero attached hydrogens (tertiary/aromatic N) is 3. The molecule has 0 fully saturated rings. The predicted molar refractivity (Wildman–Crippen MR) is 68.1 cm³/mol. The van der Waals surface area contributed by atoms with Crippen LogP contribution in [-0.2, 0) is 0 Å². The van der Waals surface area contributed by atoms with Crippen molar-refractivity contribution in [1.82, 2.24) is 4.73 Å². The van der Waals surface area contributed by atoms with Gasteiger partial charge in [0.15, 0.2) is 5.96 Å². The molecule has 0 amide bonds. The van der Waals surface area contributed by atoms with Gasteiger partial charge in [0.2, 0.25) is 0 Å². The van der Waals surface area contributed by atoms with Gasteiger partial charge in [-0.15, -0.1) is 0 Å².